The lowest BCUT2D eigenvalue weighted by atomic mass is 10.2. The fourth-order valence-electron chi connectivity index (χ4n) is 1.53. The highest BCUT2D eigenvalue weighted by molar-refractivity contribution is 5.29. The van der Waals surface area contributed by atoms with Gasteiger partial charge in [-0.25, -0.2) is 4.39 Å². The zero-order valence-electron chi connectivity index (χ0n) is 10.9. The van der Waals surface area contributed by atoms with E-state index in [1.165, 1.54) is 12.1 Å². The summed E-state index contributed by atoms with van der Waals surface area (Å²) < 4.78 is 23.7. The minimum atomic E-state index is -0.383. The molecule has 0 aliphatic heterocycles. The molecule has 1 heterocycles. The molecule has 5 nitrogen and oxygen atoms in total. The Bertz CT molecular complexity index is 555. The largest absolute Gasteiger partial charge is 0.484 e. The van der Waals surface area contributed by atoms with Gasteiger partial charge in [-0.1, -0.05) is 19.0 Å². The molecule has 0 radical (unpaired) electrons. The molecule has 19 heavy (non-hydrogen) atoms. The fraction of sp³-hybridized carbons (Fsp3) is 0.385. The second-order valence-electron chi connectivity index (χ2n) is 4.49. The van der Waals surface area contributed by atoms with Crippen molar-refractivity contribution in [2.45, 2.75) is 32.9 Å². The molecule has 0 fully saturated rings. The Morgan fingerprint density at radius 1 is 1.37 bits per heavy atom. The van der Waals surface area contributed by atoms with Gasteiger partial charge in [0.15, 0.2) is 12.4 Å². The average molecular weight is 265 g/mol. The summed E-state index contributed by atoms with van der Waals surface area (Å²) >= 11 is 0. The first-order valence-corrected chi connectivity index (χ1v) is 6.03. The van der Waals surface area contributed by atoms with Crippen molar-refractivity contribution in [3.8, 4) is 5.75 Å². The lowest BCUT2D eigenvalue weighted by Crippen LogP contribution is -2.00. The molecular weight excluding hydrogens is 249 g/mol. The first-order valence-electron chi connectivity index (χ1n) is 6.03. The van der Waals surface area contributed by atoms with Gasteiger partial charge in [0.2, 0.25) is 0 Å². The Morgan fingerprint density at radius 3 is 2.79 bits per heavy atom. The molecule has 0 unspecified atom stereocenters. The number of rotatable bonds is 5. The summed E-state index contributed by atoms with van der Waals surface area (Å²) in [6, 6.07) is 4.35. The van der Waals surface area contributed by atoms with Crippen LogP contribution in [0.25, 0.3) is 0 Å². The molecule has 0 saturated heterocycles. The van der Waals surface area contributed by atoms with Crippen LogP contribution >= 0.6 is 0 Å². The number of aromatic nitrogens is 2. The maximum Gasteiger partial charge on any atom is 0.264 e. The number of ether oxygens (including phenoxy) is 1. The smallest absolute Gasteiger partial charge is 0.264 e. The molecule has 2 rings (SSSR count). The van der Waals surface area contributed by atoms with Crippen LogP contribution in [0.15, 0.2) is 22.7 Å². The van der Waals surface area contributed by atoms with Gasteiger partial charge in [0.25, 0.3) is 5.89 Å². The van der Waals surface area contributed by atoms with E-state index in [1.807, 2.05) is 13.8 Å². The summed E-state index contributed by atoms with van der Waals surface area (Å²) in [4.78, 5) is 4.17. The van der Waals surface area contributed by atoms with Crippen molar-refractivity contribution in [3.63, 3.8) is 0 Å². The van der Waals surface area contributed by atoms with Crippen molar-refractivity contribution >= 4 is 0 Å². The molecule has 0 aliphatic rings. The molecule has 0 spiro atoms. The second kappa shape index (κ2) is 5.79. The number of nitrogens with two attached hydrogens (primary N) is 1. The van der Waals surface area contributed by atoms with Crippen LogP contribution in [0.5, 0.6) is 5.75 Å². The van der Waals surface area contributed by atoms with Gasteiger partial charge < -0.3 is 15.0 Å². The molecule has 0 bridgehead atoms. The fourth-order valence-corrected chi connectivity index (χ4v) is 1.53. The van der Waals surface area contributed by atoms with Gasteiger partial charge in [-0.2, -0.15) is 4.98 Å². The zero-order valence-corrected chi connectivity index (χ0v) is 10.9. The normalized spacial score (nSPS) is 11.0. The van der Waals surface area contributed by atoms with Crippen molar-refractivity contribution in [1.29, 1.82) is 0 Å². The third kappa shape index (κ3) is 3.51. The first-order chi connectivity index (χ1) is 9.08. The molecule has 2 N–H and O–H groups in total. The van der Waals surface area contributed by atoms with Crippen molar-refractivity contribution in [3.05, 3.63) is 41.3 Å². The Labute approximate surface area is 110 Å². The average Bonchev–Trinajstić information content (AvgIpc) is 2.84. The molecule has 6 heteroatoms. The summed E-state index contributed by atoms with van der Waals surface area (Å²) in [5, 5.41) is 3.82. The number of nitrogens with zero attached hydrogens (tertiary/aromatic N) is 2. The van der Waals surface area contributed by atoms with Crippen LogP contribution in [0, 0.1) is 5.82 Å². The van der Waals surface area contributed by atoms with Gasteiger partial charge in [-0.3, -0.25) is 0 Å². The predicted molar refractivity (Wildman–Crippen MR) is 67.0 cm³/mol. The van der Waals surface area contributed by atoms with Gasteiger partial charge >= 0.3 is 0 Å². The van der Waals surface area contributed by atoms with E-state index in [0.29, 0.717) is 23.0 Å². The summed E-state index contributed by atoms with van der Waals surface area (Å²) in [5.41, 5.74) is 6.14. The van der Waals surface area contributed by atoms with E-state index in [-0.39, 0.29) is 24.9 Å². The van der Waals surface area contributed by atoms with Crippen molar-refractivity contribution in [2.24, 2.45) is 5.73 Å². The highest BCUT2D eigenvalue weighted by atomic mass is 19.1. The lowest BCUT2D eigenvalue weighted by molar-refractivity contribution is 0.241. The van der Waals surface area contributed by atoms with Crippen LogP contribution in [0.3, 0.4) is 0 Å². The SMILES string of the molecule is CC(C)c1noc(COc2cc(F)cc(CN)c2)n1. The van der Waals surface area contributed by atoms with E-state index in [9.17, 15) is 4.39 Å². The van der Waals surface area contributed by atoms with E-state index in [1.54, 1.807) is 6.07 Å². The number of hydrogen-bond donors (Lipinski definition) is 1. The molecule has 0 saturated carbocycles. The Kier molecular flexibility index (Phi) is 4.11. The molecule has 102 valence electrons. The first kappa shape index (κ1) is 13.5. The Morgan fingerprint density at radius 2 is 2.16 bits per heavy atom. The van der Waals surface area contributed by atoms with Crippen LogP contribution < -0.4 is 10.5 Å². The standard InChI is InChI=1S/C13H16FN3O2/c1-8(2)13-16-12(19-17-13)7-18-11-4-9(6-15)3-10(14)5-11/h3-5,8H,6-7,15H2,1-2H3. The number of hydrogen-bond acceptors (Lipinski definition) is 5. The van der Waals surface area contributed by atoms with Crippen LogP contribution in [0.2, 0.25) is 0 Å². The summed E-state index contributed by atoms with van der Waals surface area (Å²) in [7, 11) is 0. The molecule has 0 atom stereocenters. The third-order valence-corrected chi connectivity index (χ3v) is 2.53. The molecule has 2 aromatic rings. The highest BCUT2D eigenvalue weighted by Gasteiger charge is 2.10. The second-order valence-corrected chi connectivity index (χ2v) is 4.49. The highest BCUT2D eigenvalue weighted by Crippen LogP contribution is 2.18. The van der Waals surface area contributed by atoms with Crippen molar-refractivity contribution < 1.29 is 13.7 Å². The van der Waals surface area contributed by atoms with E-state index in [0.717, 1.165) is 0 Å². The summed E-state index contributed by atoms with van der Waals surface area (Å²) in [6.07, 6.45) is 0. The van der Waals surface area contributed by atoms with Crippen LogP contribution in [-0.4, -0.2) is 10.1 Å². The van der Waals surface area contributed by atoms with E-state index in [2.05, 4.69) is 10.1 Å². The minimum Gasteiger partial charge on any atom is -0.484 e. The van der Waals surface area contributed by atoms with Crippen LogP contribution in [0.1, 0.15) is 37.0 Å². The lowest BCUT2D eigenvalue weighted by Gasteiger charge is -2.05. The quantitative estimate of drug-likeness (QED) is 0.898. The minimum absolute atomic E-state index is 0.104. The van der Waals surface area contributed by atoms with Gasteiger partial charge in [0, 0.05) is 18.5 Å². The van der Waals surface area contributed by atoms with Gasteiger partial charge in [0.05, 0.1) is 0 Å². The molecule has 0 amide bonds. The summed E-state index contributed by atoms with van der Waals surface area (Å²) in [5.74, 6) is 1.19. The maximum absolute atomic E-state index is 13.3. The molecule has 1 aromatic carbocycles. The number of halogens is 1. The number of benzene rings is 1. The van der Waals surface area contributed by atoms with Crippen molar-refractivity contribution in [1.82, 2.24) is 10.1 Å². The Balaban J connectivity index is 2.03. The maximum atomic E-state index is 13.3. The summed E-state index contributed by atoms with van der Waals surface area (Å²) in [6.45, 7) is 4.30. The van der Waals surface area contributed by atoms with E-state index in [4.69, 9.17) is 15.0 Å². The molecular formula is C13H16FN3O2. The van der Waals surface area contributed by atoms with E-state index < -0.39 is 0 Å². The predicted octanol–water partition coefficient (Wildman–Crippen LogP) is 2.37. The topological polar surface area (TPSA) is 74.2 Å². The van der Waals surface area contributed by atoms with Gasteiger partial charge in [-0.15, -0.1) is 0 Å². The zero-order chi connectivity index (χ0) is 13.8. The third-order valence-electron chi connectivity index (χ3n) is 2.53. The van der Waals surface area contributed by atoms with Crippen molar-refractivity contribution in [2.75, 3.05) is 0 Å². The van der Waals surface area contributed by atoms with E-state index >= 15 is 0 Å². The molecule has 1 aromatic heterocycles. The molecule has 0 aliphatic carbocycles. The Hall–Kier alpha value is -1.95. The monoisotopic (exact) mass is 265 g/mol. The van der Waals surface area contributed by atoms with Crippen LogP contribution in [0.4, 0.5) is 4.39 Å². The van der Waals surface area contributed by atoms with Crippen LogP contribution in [-0.2, 0) is 13.2 Å². The van der Waals surface area contributed by atoms with Gasteiger partial charge in [0.1, 0.15) is 11.6 Å². The van der Waals surface area contributed by atoms with Gasteiger partial charge in [-0.05, 0) is 17.7 Å².